The van der Waals surface area contributed by atoms with Crippen LogP contribution in [0.3, 0.4) is 0 Å². The van der Waals surface area contributed by atoms with Gasteiger partial charge >= 0.3 is 0 Å². The number of rotatable bonds is 4. The second kappa shape index (κ2) is 6.08. The third-order valence-corrected chi connectivity index (χ3v) is 6.41. The summed E-state index contributed by atoms with van der Waals surface area (Å²) in [6.45, 7) is 7.67. The fourth-order valence-corrected chi connectivity index (χ4v) is 4.67. The third kappa shape index (κ3) is 2.82. The minimum Gasteiger partial charge on any atom is -0.392 e. The Morgan fingerprint density at radius 1 is 1.26 bits per heavy atom. The van der Waals surface area contributed by atoms with Gasteiger partial charge in [0.2, 0.25) is 0 Å². The fourth-order valence-electron chi connectivity index (χ4n) is 4.67. The molecule has 0 radical (unpaired) electrons. The van der Waals surface area contributed by atoms with Gasteiger partial charge in [0, 0.05) is 42.3 Å². The molecule has 0 spiro atoms. The Balaban J connectivity index is 1.47. The van der Waals surface area contributed by atoms with E-state index in [9.17, 15) is 9.90 Å². The van der Waals surface area contributed by atoms with Crippen LogP contribution >= 0.6 is 0 Å². The molecule has 5 rings (SSSR count). The number of benzene rings is 1. The fraction of sp³-hybridized carbons (Fsp3) is 0.409. The number of aliphatic hydroxyl groups is 1. The van der Waals surface area contributed by atoms with E-state index >= 15 is 0 Å². The van der Waals surface area contributed by atoms with Crippen LogP contribution in [-0.4, -0.2) is 34.0 Å². The molecule has 0 unspecified atom stereocenters. The number of hydrogen-bond acceptors (Lipinski definition) is 3. The summed E-state index contributed by atoms with van der Waals surface area (Å²) in [6.07, 6.45) is 3.37. The highest BCUT2D eigenvalue weighted by Gasteiger charge is 2.44. The number of hydrogen-bond donors (Lipinski definition) is 3. The van der Waals surface area contributed by atoms with Crippen molar-refractivity contribution in [2.45, 2.75) is 33.4 Å². The van der Waals surface area contributed by atoms with Crippen molar-refractivity contribution in [1.29, 1.82) is 0 Å². The van der Waals surface area contributed by atoms with Gasteiger partial charge in [0.05, 0.1) is 12.2 Å². The molecule has 3 aliphatic rings. The Kier molecular flexibility index (Phi) is 3.78. The predicted octanol–water partition coefficient (Wildman–Crippen LogP) is 3.07. The van der Waals surface area contributed by atoms with Crippen LogP contribution in [0.5, 0.6) is 0 Å². The van der Waals surface area contributed by atoms with E-state index in [0.29, 0.717) is 5.57 Å². The summed E-state index contributed by atoms with van der Waals surface area (Å²) >= 11 is 0. The SMILES string of the molecule is Cc1[nH]c(C=C2C(=O)Nc3ccc(CO)cc32)c(C)c1CN1C[C@H]2C[C@H]2C1. The molecule has 5 nitrogen and oxygen atoms in total. The van der Waals surface area contributed by atoms with E-state index in [0.717, 1.165) is 40.9 Å². The van der Waals surface area contributed by atoms with Crippen molar-refractivity contribution >= 4 is 23.2 Å². The summed E-state index contributed by atoms with van der Waals surface area (Å²) in [5.41, 5.74) is 7.88. The van der Waals surface area contributed by atoms with E-state index < -0.39 is 0 Å². The molecule has 2 aromatic rings. The van der Waals surface area contributed by atoms with Crippen molar-refractivity contribution in [3.05, 3.63) is 51.8 Å². The number of aliphatic hydroxyl groups excluding tert-OH is 1. The predicted molar refractivity (Wildman–Crippen MR) is 106 cm³/mol. The molecular weight excluding hydrogens is 338 g/mol. The maximum absolute atomic E-state index is 12.5. The first kappa shape index (κ1) is 16.8. The van der Waals surface area contributed by atoms with Crippen molar-refractivity contribution in [2.75, 3.05) is 18.4 Å². The van der Waals surface area contributed by atoms with Gasteiger partial charge in [0.1, 0.15) is 0 Å². The number of anilines is 1. The maximum Gasteiger partial charge on any atom is 0.256 e. The zero-order valence-corrected chi connectivity index (χ0v) is 15.8. The second-order valence-electron chi connectivity index (χ2n) is 8.27. The van der Waals surface area contributed by atoms with E-state index in [1.807, 2.05) is 24.3 Å². The number of likely N-dealkylation sites (tertiary alicyclic amines) is 1. The smallest absolute Gasteiger partial charge is 0.256 e. The lowest BCUT2D eigenvalue weighted by molar-refractivity contribution is -0.110. The summed E-state index contributed by atoms with van der Waals surface area (Å²) in [6, 6.07) is 5.59. The van der Waals surface area contributed by atoms with Crippen LogP contribution in [0.15, 0.2) is 18.2 Å². The van der Waals surface area contributed by atoms with Crippen molar-refractivity contribution < 1.29 is 9.90 Å². The van der Waals surface area contributed by atoms with Crippen molar-refractivity contribution in [1.82, 2.24) is 9.88 Å². The number of aromatic nitrogens is 1. The standard InChI is InChI=1S/C22H25N3O2/c1-12-19(10-25-8-15-6-16(15)9-25)13(2)23-21(12)7-18-17-5-14(11-26)3-4-20(17)24-22(18)27/h3-5,7,15-16,23,26H,6,8-11H2,1-2H3,(H,24,27)/t15-,16+. The monoisotopic (exact) mass is 363 g/mol. The molecule has 140 valence electrons. The number of carbonyl (C=O) groups excluding carboxylic acids is 1. The Labute approximate surface area is 159 Å². The van der Waals surface area contributed by atoms with E-state index in [-0.39, 0.29) is 12.5 Å². The Bertz CT molecular complexity index is 962. The largest absolute Gasteiger partial charge is 0.392 e. The topological polar surface area (TPSA) is 68.4 Å². The number of H-pyrrole nitrogens is 1. The lowest BCUT2D eigenvalue weighted by Crippen LogP contribution is -2.22. The summed E-state index contributed by atoms with van der Waals surface area (Å²) in [5, 5.41) is 12.3. The average Bonchev–Trinajstić information content (AvgIpc) is 3.01. The number of aryl methyl sites for hydroxylation is 1. The number of nitrogens with zero attached hydrogens (tertiary/aromatic N) is 1. The second-order valence-corrected chi connectivity index (χ2v) is 8.27. The molecule has 27 heavy (non-hydrogen) atoms. The van der Waals surface area contributed by atoms with E-state index in [2.05, 4.69) is 29.0 Å². The van der Waals surface area contributed by atoms with Gasteiger partial charge in [-0.15, -0.1) is 0 Å². The molecule has 1 aromatic heterocycles. The third-order valence-electron chi connectivity index (χ3n) is 6.41. The number of aromatic amines is 1. The van der Waals surface area contributed by atoms with Crippen LogP contribution in [0, 0.1) is 25.7 Å². The van der Waals surface area contributed by atoms with Gasteiger partial charge in [-0.25, -0.2) is 0 Å². The van der Waals surface area contributed by atoms with Gasteiger partial charge in [-0.1, -0.05) is 6.07 Å². The highest BCUT2D eigenvalue weighted by Crippen LogP contribution is 2.45. The van der Waals surface area contributed by atoms with Crippen LogP contribution in [0.1, 0.15) is 40.1 Å². The average molecular weight is 363 g/mol. The lowest BCUT2D eigenvalue weighted by Gasteiger charge is -2.17. The van der Waals surface area contributed by atoms with Crippen LogP contribution in [-0.2, 0) is 17.9 Å². The number of amides is 1. The summed E-state index contributed by atoms with van der Waals surface area (Å²) in [4.78, 5) is 18.5. The molecule has 2 aliphatic heterocycles. The summed E-state index contributed by atoms with van der Waals surface area (Å²) in [7, 11) is 0. The number of fused-ring (bicyclic) bond motifs is 2. The van der Waals surface area contributed by atoms with E-state index in [1.165, 1.54) is 36.3 Å². The lowest BCUT2D eigenvalue weighted by atomic mass is 10.0. The number of piperidine rings is 1. The summed E-state index contributed by atoms with van der Waals surface area (Å²) in [5.74, 6) is 1.78. The van der Waals surface area contributed by atoms with Crippen molar-refractivity contribution in [3.63, 3.8) is 0 Å². The number of carbonyl (C=O) groups is 1. The molecule has 3 N–H and O–H groups in total. The molecular formula is C22H25N3O2. The summed E-state index contributed by atoms with van der Waals surface area (Å²) < 4.78 is 0. The van der Waals surface area contributed by atoms with Crippen molar-refractivity contribution in [2.24, 2.45) is 11.8 Å². The highest BCUT2D eigenvalue weighted by molar-refractivity contribution is 6.34. The van der Waals surface area contributed by atoms with Crippen LogP contribution < -0.4 is 5.32 Å². The van der Waals surface area contributed by atoms with Gasteiger partial charge in [-0.3, -0.25) is 9.69 Å². The minimum absolute atomic E-state index is 0.0304. The zero-order chi connectivity index (χ0) is 18.7. The normalized spacial score (nSPS) is 25.0. The van der Waals surface area contributed by atoms with Gasteiger partial charge in [-0.05, 0) is 67.0 Å². The quantitative estimate of drug-likeness (QED) is 0.732. The molecule has 1 aliphatic carbocycles. The van der Waals surface area contributed by atoms with Crippen LogP contribution in [0.25, 0.3) is 11.6 Å². The van der Waals surface area contributed by atoms with Crippen LogP contribution in [0.4, 0.5) is 5.69 Å². The van der Waals surface area contributed by atoms with E-state index in [1.54, 1.807) is 0 Å². The first-order valence-corrected chi connectivity index (χ1v) is 9.71. The highest BCUT2D eigenvalue weighted by atomic mass is 16.3. The molecule has 3 heterocycles. The van der Waals surface area contributed by atoms with Gasteiger partial charge in [-0.2, -0.15) is 0 Å². The Morgan fingerprint density at radius 2 is 2.04 bits per heavy atom. The van der Waals surface area contributed by atoms with E-state index in [4.69, 9.17) is 0 Å². The molecule has 1 aromatic carbocycles. The molecule has 5 heteroatoms. The first-order chi connectivity index (χ1) is 13.0. The molecule has 1 saturated heterocycles. The Morgan fingerprint density at radius 3 is 2.78 bits per heavy atom. The molecule has 2 atom stereocenters. The van der Waals surface area contributed by atoms with Crippen molar-refractivity contribution in [3.8, 4) is 0 Å². The van der Waals surface area contributed by atoms with Crippen LogP contribution in [0.2, 0.25) is 0 Å². The zero-order valence-electron chi connectivity index (χ0n) is 15.8. The Hall–Kier alpha value is -2.37. The molecule has 1 saturated carbocycles. The molecule has 1 amide bonds. The minimum atomic E-state index is -0.0899. The molecule has 0 bridgehead atoms. The molecule has 2 fully saturated rings. The first-order valence-electron chi connectivity index (χ1n) is 9.71. The van der Waals surface area contributed by atoms with Gasteiger partial charge in [0.25, 0.3) is 5.91 Å². The van der Waals surface area contributed by atoms with Gasteiger partial charge in [0.15, 0.2) is 0 Å². The number of nitrogens with one attached hydrogen (secondary N) is 2. The maximum atomic E-state index is 12.5. The van der Waals surface area contributed by atoms with Gasteiger partial charge < -0.3 is 15.4 Å².